The van der Waals surface area contributed by atoms with Gasteiger partial charge in [-0.2, -0.15) is 0 Å². The second kappa shape index (κ2) is 3.58. The van der Waals surface area contributed by atoms with E-state index in [0.717, 1.165) is 32.5 Å². The summed E-state index contributed by atoms with van der Waals surface area (Å²) in [4.78, 5) is 2.38. The lowest BCUT2D eigenvalue weighted by Gasteiger charge is -2.39. The number of likely N-dealkylation sites (tertiary alicyclic amines) is 1. The van der Waals surface area contributed by atoms with Crippen LogP contribution in [0.1, 0.15) is 40.5 Å². The Morgan fingerprint density at radius 1 is 1.38 bits per heavy atom. The molecule has 1 aliphatic rings. The molecular formula is C11H23NO. The molecule has 1 saturated heterocycles. The van der Waals surface area contributed by atoms with Gasteiger partial charge in [0.2, 0.25) is 0 Å². The summed E-state index contributed by atoms with van der Waals surface area (Å²) in [6.07, 6.45) is 2.08. The van der Waals surface area contributed by atoms with E-state index in [1.54, 1.807) is 0 Å². The highest BCUT2D eigenvalue weighted by atomic mass is 16.3. The molecule has 0 aromatic heterocycles. The molecule has 0 saturated carbocycles. The molecule has 0 amide bonds. The van der Waals surface area contributed by atoms with Crippen molar-refractivity contribution in [2.45, 2.75) is 46.1 Å². The molecule has 78 valence electrons. The van der Waals surface area contributed by atoms with E-state index in [1.165, 1.54) is 0 Å². The van der Waals surface area contributed by atoms with Gasteiger partial charge in [0, 0.05) is 13.1 Å². The van der Waals surface area contributed by atoms with Gasteiger partial charge in [0.15, 0.2) is 0 Å². The Labute approximate surface area is 81.9 Å². The largest absolute Gasteiger partial charge is 0.389 e. The van der Waals surface area contributed by atoms with Crippen LogP contribution in [0.3, 0.4) is 0 Å². The van der Waals surface area contributed by atoms with Gasteiger partial charge in [-0.05, 0) is 31.7 Å². The summed E-state index contributed by atoms with van der Waals surface area (Å²) in [7, 11) is 0. The van der Waals surface area contributed by atoms with Gasteiger partial charge in [-0.25, -0.2) is 0 Å². The molecule has 0 bridgehead atoms. The van der Waals surface area contributed by atoms with Crippen molar-refractivity contribution in [2.75, 3.05) is 19.6 Å². The lowest BCUT2D eigenvalue weighted by Crippen LogP contribution is -2.48. The van der Waals surface area contributed by atoms with Crippen molar-refractivity contribution in [3.05, 3.63) is 0 Å². The average molecular weight is 185 g/mol. The van der Waals surface area contributed by atoms with Crippen LogP contribution in [-0.4, -0.2) is 35.2 Å². The molecule has 1 unspecified atom stereocenters. The standard InChI is InChI=1S/C11H23NO/c1-10(2,3)8-12-7-5-6-11(4,13)9-12/h13H,5-9H2,1-4H3. The van der Waals surface area contributed by atoms with Crippen LogP contribution in [0.4, 0.5) is 0 Å². The van der Waals surface area contributed by atoms with Gasteiger partial charge in [-0.15, -0.1) is 0 Å². The van der Waals surface area contributed by atoms with Crippen LogP contribution >= 0.6 is 0 Å². The first-order valence-corrected chi connectivity index (χ1v) is 5.23. The Kier molecular flexibility index (Phi) is 3.03. The zero-order chi connectivity index (χ0) is 10.1. The highest BCUT2D eigenvalue weighted by molar-refractivity contribution is 4.84. The molecule has 1 heterocycles. The minimum atomic E-state index is -0.455. The highest BCUT2D eigenvalue weighted by Gasteiger charge is 2.29. The minimum absolute atomic E-state index is 0.341. The van der Waals surface area contributed by atoms with Gasteiger partial charge in [-0.3, -0.25) is 4.90 Å². The zero-order valence-electron chi connectivity index (χ0n) is 9.43. The second-order valence-corrected chi connectivity index (χ2v) is 5.87. The summed E-state index contributed by atoms with van der Waals surface area (Å²) in [6, 6.07) is 0. The molecule has 2 nitrogen and oxygen atoms in total. The molecule has 0 aliphatic carbocycles. The molecule has 1 atom stereocenters. The van der Waals surface area contributed by atoms with Crippen molar-refractivity contribution in [3.63, 3.8) is 0 Å². The van der Waals surface area contributed by atoms with Gasteiger partial charge < -0.3 is 5.11 Å². The van der Waals surface area contributed by atoms with E-state index in [2.05, 4.69) is 25.7 Å². The van der Waals surface area contributed by atoms with Crippen LogP contribution in [0.25, 0.3) is 0 Å². The van der Waals surface area contributed by atoms with Gasteiger partial charge in [0.1, 0.15) is 0 Å². The van der Waals surface area contributed by atoms with Gasteiger partial charge in [0.05, 0.1) is 5.60 Å². The molecule has 1 aliphatic heterocycles. The molecule has 0 spiro atoms. The average Bonchev–Trinajstić information content (AvgIpc) is 1.79. The fraction of sp³-hybridized carbons (Fsp3) is 1.00. The maximum absolute atomic E-state index is 9.90. The maximum Gasteiger partial charge on any atom is 0.0746 e. The van der Waals surface area contributed by atoms with Crippen molar-refractivity contribution in [3.8, 4) is 0 Å². The Morgan fingerprint density at radius 2 is 2.00 bits per heavy atom. The third-order valence-corrected chi connectivity index (χ3v) is 2.45. The molecule has 13 heavy (non-hydrogen) atoms. The lowest BCUT2D eigenvalue weighted by molar-refractivity contribution is -0.0240. The lowest BCUT2D eigenvalue weighted by atomic mass is 9.91. The number of hydrogen-bond donors (Lipinski definition) is 1. The number of piperidine rings is 1. The predicted octanol–water partition coefficient (Wildman–Crippen LogP) is 1.88. The first kappa shape index (κ1) is 11.0. The van der Waals surface area contributed by atoms with Crippen LogP contribution in [0, 0.1) is 5.41 Å². The number of aliphatic hydroxyl groups is 1. The van der Waals surface area contributed by atoms with Gasteiger partial charge in [-0.1, -0.05) is 20.8 Å². The van der Waals surface area contributed by atoms with E-state index in [1.807, 2.05) is 6.92 Å². The molecule has 1 rings (SSSR count). The van der Waals surface area contributed by atoms with E-state index in [0.29, 0.717) is 5.41 Å². The van der Waals surface area contributed by atoms with Crippen molar-refractivity contribution in [1.82, 2.24) is 4.90 Å². The first-order valence-electron chi connectivity index (χ1n) is 5.23. The molecular weight excluding hydrogens is 162 g/mol. The highest BCUT2D eigenvalue weighted by Crippen LogP contribution is 2.23. The predicted molar refractivity (Wildman–Crippen MR) is 55.8 cm³/mol. The summed E-state index contributed by atoms with van der Waals surface area (Å²) < 4.78 is 0. The first-order chi connectivity index (χ1) is 5.79. The SMILES string of the molecule is CC(C)(C)CN1CCCC(C)(O)C1. The Hall–Kier alpha value is -0.0800. The normalized spacial score (nSPS) is 32.1. The molecule has 0 aromatic carbocycles. The van der Waals surface area contributed by atoms with E-state index in [9.17, 15) is 5.11 Å². The molecule has 1 N–H and O–H groups in total. The molecule has 0 radical (unpaired) electrons. The number of β-amino-alcohol motifs (C(OH)–C–C–N with tert-alkyl or cyclic N) is 1. The number of rotatable bonds is 1. The van der Waals surface area contributed by atoms with Crippen LogP contribution in [0.5, 0.6) is 0 Å². The van der Waals surface area contributed by atoms with Crippen LogP contribution < -0.4 is 0 Å². The Morgan fingerprint density at radius 3 is 2.46 bits per heavy atom. The van der Waals surface area contributed by atoms with E-state index >= 15 is 0 Å². The third kappa shape index (κ3) is 4.10. The minimum Gasteiger partial charge on any atom is -0.389 e. The van der Waals surface area contributed by atoms with Crippen LogP contribution in [0.15, 0.2) is 0 Å². The number of hydrogen-bond acceptors (Lipinski definition) is 2. The van der Waals surface area contributed by atoms with E-state index in [-0.39, 0.29) is 0 Å². The summed E-state index contributed by atoms with van der Waals surface area (Å²) in [6.45, 7) is 11.8. The molecule has 2 heteroatoms. The van der Waals surface area contributed by atoms with Crippen molar-refractivity contribution in [2.24, 2.45) is 5.41 Å². The molecule has 1 fully saturated rings. The zero-order valence-corrected chi connectivity index (χ0v) is 9.43. The summed E-state index contributed by atoms with van der Waals surface area (Å²) >= 11 is 0. The van der Waals surface area contributed by atoms with Crippen LogP contribution in [-0.2, 0) is 0 Å². The van der Waals surface area contributed by atoms with E-state index < -0.39 is 5.60 Å². The fourth-order valence-electron chi connectivity index (χ4n) is 2.13. The van der Waals surface area contributed by atoms with Crippen molar-refractivity contribution < 1.29 is 5.11 Å². The quantitative estimate of drug-likeness (QED) is 0.674. The Bertz CT molecular complexity index is 167. The fourth-order valence-corrected chi connectivity index (χ4v) is 2.13. The third-order valence-electron chi connectivity index (χ3n) is 2.45. The smallest absolute Gasteiger partial charge is 0.0746 e. The topological polar surface area (TPSA) is 23.5 Å². The monoisotopic (exact) mass is 185 g/mol. The van der Waals surface area contributed by atoms with Crippen molar-refractivity contribution >= 4 is 0 Å². The molecule has 0 aromatic rings. The second-order valence-electron chi connectivity index (χ2n) is 5.87. The van der Waals surface area contributed by atoms with Crippen LogP contribution in [0.2, 0.25) is 0 Å². The maximum atomic E-state index is 9.90. The Balaban J connectivity index is 2.44. The number of nitrogens with zero attached hydrogens (tertiary/aromatic N) is 1. The van der Waals surface area contributed by atoms with Gasteiger partial charge >= 0.3 is 0 Å². The summed E-state index contributed by atoms with van der Waals surface area (Å²) in [5.74, 6) is 0. The van der Waals surface area contributed by atoms with E-state index in [4.69, 9.17) is 0 Å². The van der Waals surface area contributed by atoms with Crippen molar-refractivity contribution in [1.29, 1.82) is 0 Å². The van der Waals surface area contributed by atoms with Gasteiger partial charge in [0.25, 0.3) is 0 Å². The summed E-state index contributed by atoms with van der Waals surface area (Å²) in [5.41, 5.74) is -0.114. The summed E-state index contributed by atoms with van der Waals surface area (Å²) in [5, 5.41) is 9.90.